The lowest BCUT2D eigenvalue weighted by molar-refractivity contribution is 0.536. The molecule has 2 aromatic rings. The summed E-state index contributed by atoms with van der Waals surface area (Å²) in [5.74, 6) is 0.911. The summed E-state index contributed by atoms with van der Waals surface area (Å²) in [5, 5.41) is 0. The van der Waals surface area contributed by atoms with Crippen molar-refractivity contribution in [2.24, 2.45) is 11.3 Å². The Balaban J connectivity index is 1.71. The van der Waals surface area contributed by atoms with Crippen molar-refractivity contribution in [1.29, 1.82) is 0 Å². The third-order valence-corrected chi connectivity index (χ3v) is 5.95. The molecule has 1 saturated carbocycles. The van der Waals surface area contributed by atoms with Crippen molar-refractivity contribution in [3.05, 3.63) is 84.1 Å². The predicted octanol–water partition coefficient (Wildman–Crippen LogP) is 7.27. The molecule has 1 aromatic carbocycles. The van der Waals surface area contributed by atoms with E-state index in [1.807, 2.05) is 6.08 Å². The van der Waals surface area contributed by atoms with Crippen LogP contribution in [0.4, 0.5) is 0 Å². The molecule has 0 spiro atoms. The molecule has 1 aliphatic rings. The molecule has 1 aliphatic carbocycles. The van der Waals surface area contributed by atoms with Gasteiger partial charge in [-0.1, -0.05) is 74.6 Å². The highest BCUT2D eigenvalue weighted by Crippen LogP contribution is 2.54. The molecule has 0 aliphatic heterocycles. The third-order valence-electron chi connectivity index (χ3n) is 5.95. The van der Waals surface area contributed by atoms with E-state index in [1.54, 1.807) is 0 Å². The van der Waals surface area contributed by atoms with Gasteiger partial charge in [-0.05, 0) is 67.7 Å². The molecule has 1 unspecified atom stereocenters. The van der Waals surface area contributed by atoms with Gasteiger partial charge in [-0.25, -0.2) is 0 Å². The van der Waals surface area contributed by atoms with Crippen LogP contribution in [0.5, 0.6) is 0 Å². The Morgan fingerprint density at radius 1 is 1.15 bits per heavy atom. The Morgan fingerprint density at radius 2 is 1.85 bits per heavy atom. The van der Waals surface area contributed by atoms with Gasteiger partial charge in [0, 0.05) is 17.9 Å². The quantitative estimate of drug-likeness (QED) is 0.437. The van der Waals surface area contributed by atoms with Crippen molar-refractivity contribution in [1.82, 2.24) is 4.57 Å². The van der Waals surface area contributed by atoms with Gasteiger partial charge in [0.05, 0.1) is 0 Å². The normalized spacial score (nSPS) is 18.8. The number of hydrogen-bond donors (Lipinski definition) is 0. The highest BCUT2D eigenvalue weighted by atomic mass is 15.0. The molecule has 1 heterocycles. The second-order valence-electron chi connectivity index (χ2n) is 8.66. The topological polar surface area (TPSA) is 4.93 Å². The molecule has 0 bridgehead atoms. The van der Waals surface area contributed by atoms with E-state index in [4.69, 9.17) is 0 Å². The first-order valence-electron chi connectivity index (χ1n) is 10.1. The lowest BCUT2D eigenvalue weighted by atomic mass is 10.1. The van der Waals surface area contributed by atoms with Gasteiger partial charge >= 0.3 is 0 Å². The number of aromatic nitrogens is 1. The molecule has 0 amide bonds. The Labute approximate surface area is 165 Å². The third kappa shape index (κ3) is 4.91. The first kappa shape index (κ1) is 19.5. The van der Waals surface area contributed by atoms with E-state index in [9.17, 15) is 0 Å². The van der Waals surface area contributed by atoms with E-state index in [-0.39, 0.29) is 0 Å². The molecule has 3 rings (SSSR count). The van der Waals surface area contributed by atoms with Crippen molar-refractivity contribution >= 4 is 0 Å². The maximum absolute atomic E-state index is 3.91. The highest BCUT2D eigenvalue weighted by Gasteiger charge is 2.44. The second-order valence-corrected chi connectivity index (χ2v) is 8.66. The Kier molecular flexibility index (Phi) is 5.89. The molecule has 1 aromatic heterocycles. The molecular formula is C26H33N. The fourth-order valence-electron chi connectivity index (χ4n) is 3.85. The van der Waals surface area contributed by atoms with E-state index in [0.29, 0.717) is 5.41 Å². The smallest absolute Gasteiger partial charge is 0.0485 e. The first-order valence-corrected chi connectivity index (χ1v) is 10.1. The van der Waals surface area contributed by atoms with Gasteiger partial charge in [0.1, 0.15) is 0 Å². The zero-order chi connectivity index (χ0) is 19.4. The Bertz CT molecular complexity index is 843. The van der Waals surface area contributed by atoms with Crippen LogP contribution < -0.4 is 0 Å². The summed E-state index contributed by atoms with van der Waals surface area (Å²) in [7, 11) is 0. The maximum atomic E-state index is 3.91. The maximum Gasteiger partial charge on any atom is 0.0485 e. The molecule has 1 atom stereocenters. The van der Waals surface area contributed by atoms with E-state index < -0.39 is 0 Å². The highest BCUT2D eigenvalue weighted by molar-refractivity contribution is 5.61. The molecule has 27 heavy (non-hydrogen) atoms. The van der Waals surface area contributed by atoms with Crippen LogP contribution in [0.1, 0.15) is 44.4 Å². The van der Waals surface area contributed by atoms with Gasteiger partial charge in [-0.15, -0.1) is 0 Å². The molecule has 1 nitrogen and oxygen atoms in total. The number of allylic oxidation sites excluding steroid dienone is 5. The standard InChI is InChI=1S/C26H33N/c1-6-9-22(10-7-8-11-24-18-26(24,4)5)19-27-21(3)14-17-25(27)23-15-12-20(2)13-16-23/h6-7,9-10,12-17,24H,1,8,11,18-19H2,2-5H3/b10-7-,22-9+. The molecular weight excluding hydrogens is 326 g/mol. The molecule has 0 N–H and O–H groups in total. The summed E-state index contributed by atoms with van der Waals surface area (Å²) >= 11 is 0. The fourth-order valence-corrected chi connectivity index (χ4v) is 3.85. The molecule has 0 radical (unpaired) electrons. The van der Waals surface area contributed by atoms with Crippen molar-refractivity contribution < 1.29 is 0 Å². The fraction of sp³-hybridized carbons (Fsp3) is 0.385. The Hall–Kier alpha value is -2.28. The van der Waals surface area contributed by atoms with Crippen LogP contribution in [-0.4, -0.2) is 4.57 Å². The number of hydrogen-bond acceptors (Lipinski definition) is 0. The van der Waals surface area contributed by atoms with Crippen molar-refractivity contribution in [3.8, 4) is 11.3 Å². The zero-order valence-electron chi connectivity index (χ0n) is 17.3. The summed E-state index contributed by atoms with van der Waals surface area (Å²) < 4.78 is 2.40. The predicted molar refractivity (Wildman–Crippen MR) is 118 cm³/mol. The van der Waals surface area contributed by atoms with Crippen LogP contribution >= 0.6 is 0 Å². The first-order chi connectivity index (χ1) is 12.9. The van der Waals surface area contributed by atoms with Crippen molar-refractivity contribution in [2.75, 3.05) is 0 Å². The van der Waals surface area contributed by atoms with Crippen molar-refractivity contribution in [3.63, 3.8) is 0 Å². The van der Waals surface area contributed by atoms with E-state index in [0.717, 1.165) is 18.9 Å². The molecule has 1 fully saturated rings. The van der Waals surface area contributed by atoms with Crippen LogP contribution in [0, 0.1) is 25.2 Å². The average molecular weight is 360 g/mol. The van der Waals surface area contributed by atoms with Crippen LogP contribution in [0.3, 0.4) is 0 Å². The zero-order valence-corrected chi connectivity index (χ0v) is 17.3. The number of rotatable bonds is 8. The lowest BCUT2D eigenvalue weighted by Gasteiger charge is -2.13. The number of benzene rings is 1. The monoisotopic (exact) mass is 359 g/mol. The summed E-state index contributed by atoms with van der Waals surface area (Å²) in [6.07, 6.45) is 12.5. The van der Waals surface area contributed by atoms with E-state index >= 15 is 0 Å². The molecule has 1 heteroatoms. The summed E-state index contributed by atoms with van der Waals surface area (Å²) in [5.41, 5.74) is 7.00. The van der Waals surface area contributed by atoms with Crippen LogP contribution in [0.25, 0.3) is 11.3 Å². The van der Waals surface area contributed by atoms with Crippen LogP contribution in [0.2, 0.25) is 0 Å². The summed E-state index contributed by atoms with van der Waals surface area (Å²) in [4.78, 5) is 0. The largest absolute Gasteiger partial charge is 0.340 e. The van der Waals surface area contributed by atoms with Gasteiger partial charge in [0.25, 0.3) is 0 Å². The second kappa shape index (κ2) is 8.17. The number of aryl methyl sites for hydroxylation is 2. The van der Waals surface area contributed by atoms with E-state index in [1.165, 1.54) is 40.9 Å². The summed E-state index contributed by atoms with van der Waals surface area (Å²) in [6.45, 7) is 13.9. The van der Waals surface area contributed by atoms with Crippen LogP contribution in [0.15, 0.2) is 72.9 Å². The minimum atomic E-state index is 0.582. The van der Waals surface area contributed by atoms with Crippen molar-refractivity contribution in [2.45, 2.75) is 53.5 Å². The Morgan fingerprint density at radius 3 is 2.48 bits per heavy atom. The molecule has 0 saturated heterocycles. The van der Waals surface area contributed by atoms with Gasteiger partial charge in [-0.3, -0.25) is 0 Å². The van der Waals surface area contributed by atoms with E-state index in [2.05, 4.69) is 93.5 Å². The minimum absolute atomic E-state index is 0.582. The van der Waals surface area contributed by atoms with Gasteiger partial charge < -0.3 is 4.57 Å². The SMILES string of the molecule is C=C/C=C(\C=C/CCC1CC1(C)C)Cn1c(C)ccc1-c1ccc(C)cc1. The average Bonchev–Trinajstić information content (AvgIpc) is 3.08. The lowest BCUT2D eigenvalue weighted by Crippen LogP contribution is -2.04. The van der Waals surface area contributed by atoms with Gasteiger partial charge in [0.2, 0.25) is 0 Å². The van der Waals surface area contributed by atoms with Gasteiger partial charge in [-0.2, -0.15) is 0 Å². The minimum Gasteiger partial charge on any atom is -0.340 e. The van der Waals surface area contributed by atoms with Gasteiger partial charge in [0.15, 0.2) is 0 Å². The number of nitrogens with zero attached hydrogens (tertiary/aromatic N) is 1. The van der Waals surface area contributed by atoms with Crippen LogP contribution in [-0.2, 0) is 6.54 Å². The summed E-state index contributed by atoms with van der Waals surface area (Å²) in [6, 6.07) is 13.2. The molecule has 142 valence electrons.